The zero-order chi connectivity index (χ0) is 13.0. The van der Waals surface area contributed by atoms with Gasteiger partial charge in [0.2, 0.25) is 0 Å². The van der Waals surface area contributed by atoms with Crippen molar-refractivity contribution >= 4 is 5.91 Å². The van der Waals surface area contributed by atoms with Crippen LogP contribution in [-0.2, 0) is 6.54 Å². The number of furan rings is 1. The molecule has 5 nitrogen and oxygen atoms in total. The molecular weight excluding hydrogens is 218 g/mol. The molecule has 3 N–H and O–H groups in total. The molecule has 0 fully saturated rings. The number of nitrogens with two attached hydrogens (primary N) is 1. The molecule has 1 aromatic rings. The van der Waals surface area contributed by atoms with Crippen LogP contribution in [0.3, 0.4) is 0 Å². The molecule has 0 aliphatic heterocycles. The summed E-state index contributed by atoms with van der Waals surface area (Å²) >= 11 is 0. The van der Waals surface area contributed by atoms with Gasteiger partial charge in [-0.05, 0) is 26.0 Å². The van der Waals surface area contributed by atoms with Crippen molar-refractivity contribution in [3.8, 4) is 0 Å². The Bertz CT molecular complexity index is 374. The Kier molecular flexibility index (Phi) is 4.72. The summed E-state index contributed by atoms with van der Waals surface area (Å²) < 4.78 is 5.33. The van der Waals surface area contributed by atoms with Gasteiger partial charge in [0.15, 0.2) is 0 Å². The number of nitrogens with one attached hydrogen (secondary N) is 1. The Morgan fingerprint density at radius 3 is 2.71 bits per heavy atom. The number of hydrazine groups is 1. The number of carbonyl (C=O) groups excluding carboxylic acids is 1. The molecule has 0 aliphatic carbocycles. The number of hydrogen-bond donors (Lipinski definition) is 2. The van der Waals surface area contributed by atoms with Crippen molar-refractivity contribution in [1.82, 2.24) is 10.3 Å². The highest BCUT2D eigenvalue weighted by atomic mass is 16.3. The fourth-order valence-electron chi connectivity index (χ4n) is 1.62. The van der Waals surface area contributed by atoms with Crippen molar-refractivity contribution in [2.45, 2.75) is 33.4 Å². The van der Waals surface area contributed by atoms with Gasteiger partial charge in [-0.2, -0.15) is 0 Å². The molecule has 1 aromatic heterocycles. The molecule has 1 rings (SSSR count). The predicted molar refractivity (Wildman–Crippen MR) is 66.1 cm³/mol. The van der Waals surface area contributed by atoms with E-state index in [2.05, 4.69) is 31.1 Å². The van der Waals surface area contributed by atoms with Gasteiger partial charge in [-0.25, -0.2) is 5.84 Å². The Hall–Kier alpha value is -1.33. The third kappa shape index (κ3) is 3.31. The van der Waals surface area contributed by atoms with Crippen LogP contribution in [0, 0.1) is 5.92 Å². The lowest BCUT2D eigenvalue weighted by atomic mass is 10.0. The molecule has 0 aliphatic rings. The highest BCUT2D eigenvalue weighted by Crippen LogP contribution is 2.16. The van der Waals surface area contributed by atoms with E-state index in [0.717, 1.165) is 0 Å². The molecule has 1 atom stereocenters. The monoisotopic (exact) mass is 239 g/mol. The fourth-order valence-corrected chi connectivity index (χ4v) is 1.62. The summed E-state index contributed by atoms with van der Waals surface area (Å²) in [4.78, 5) is 13.6. The Morgan fingerprint density at radius 2 is 2.18 bits per heavy atom. The van der Waals surface area contributed by atoms with E-state index >= 15 is 0 Å². The maximum atomic E-state index is 11.5. The van der Waals surface area contributed by atoms with Gasteiger partial charge in [0.05, 0.1) is 18.4 Å². The normalized spacial score (nSPS) is 13.1. The zero-order valence-electron chi connectivity index (χ0n) is 10.9. The summed E-state index contributed by atoms with van der Waals surface area (Å²) in [6.45, 7) is 7.07. The number of carbonyl (C=O) groups is 1. The standard InChI is InChI=1S/C12H21N3O2/c1-8(2)9(3)15(4)7-11-10(5-6-17-11)12(16)14-13/h5-6,8-9H,7,13H2,1-4H3,(H,14,16). The SMILES string of the molecule is CC(C)C(C)N(C)Cc1occc1C(=O)NN. The zero-order valence-corrected chi connectivity index (χ0v) is 10.9. The fraction of sp³-hybridized carbons (Fsp3) is 0.583. The van der Waals surface area contributed by atoms with E-state index in [1.807, 2.05) is 7.05 Å². The first kappa shape index (κ1) is 13.7. The minimum atomic E-state index is -0.320. The van der Waals surface area contributed by atoms with E-state index < -0.39 is 0 Å². The lowest BCUT2D eigenvalue weighted by molar-refractivity contribution is 0.0948. The number of nitrogens with zero attached hydrogens (tertiary/aromatic N) is 1. The molecule has 5 heteroatoms. The summed E-state index contributed by atoms with van der Waals surface area (Å²) in [5.74, 6) is 5.98. The molecule has 0 bridgehead atoms. The Balaban J connectivity index is 2.75. The average molecular weight is 239 g/mol. The van der Waals surface area contributed by atoms with Crippen molar-refractivity contribution < 1.29 is 9.21 Å². The minimum absolute atomic E-state index is 0.320. The highest BCUT2D eigenvalue weighted by Gasteiger charge is 2.19. The van der Waals surface area contributed by atoms with Gasteiger partial charge in [-0.3, -0.25) is 15.1 Å². The molecule has 17 heavy (non-hydrogen) atoms. The highest BCUT2D eigenvalue weighted by molar-refractivity contribution is 5.94. The lowest BCUT2D eigenvalue weighted by Gasteiger charge is -2.27. The number of nitrogen functional groups attached to an aromatic ring is 1. The van der Waals surface area contributed by atoms with Gasteiger partial charge in [0, 0.05) is 6.04 Å². The van der Waals surface area contributed by atoms with Crippen LogP contribution in [0.2, 0.25) is 0 Å². The predicted octanol–water partition coefficient (Wildman–Crippen LogP) is 1.36. The lowest BCUT2D eigenvalue weighted by Crippen LogP contribution is -2.34. The largest absolute Gasteiger partial charge is 0.467 e. The van der Waals surface area contributed by atoms with Gasteiger partial charge >= 0.3 is 0 Å². The maximum absolute atomic E-state index is 11.5. The second-order valence-corrected chi connectivity index (χ2v) is 4.63. The molecule has 1 unspecified atom stereocenters. The molecular formula is C12H21N3O2. The summed E-state index contributed by atoms with van der Waals surface area (Å²) in [6, 6.07) is 2.04. The number of rotatable bonds is 5. The molecule has 96 valence electrons. The maximum Gasteiger partial charge on any atom is 0.268 e. The number of amides is 1. The minimum Gasteiger partial charge on any atom is -0.467 e. The van der Waals surface area contributed by atoms with Crippen LogP contribution in [0.4, 0.5) is 0 Å². The van der Waals surface area contributed by atoms with E-state index in [0.29, 0.717) is 29.8 Å². The molecule has 0 radical (unpaired) electrons. The first-order valence-corrected chi connectivity index (χ1v) is 5.75. The van der Waals surface area contributed by atoms with E-state index in [1.54, 1.807) is 6.07 Å². The van der Waals surface area contributed by atoms with Crippen molar-refractivity contribution in [2.75, 3.05) is 7.05 Å². The van der Waals surface area contributed by atoms with E-state index in [-0.39, 0.29) is 5.91 Å². The molecule has 0 saturated heterocycles. The van der Waals surface area contributed by atoms with Crippen molar-refractivity contribution in [1.29, 1.82) is 0 Å². The second-order valence-electron chi connectivity index (χ2n) is 4.63. The van der Waals surface area contributed by atoms with Crippen LogP contribution in [0.5, 0.6) is 0 Å². The molecule has 1 amide bonds. The van der Waals surface area contributed by atoms with Gasteiger partial charge < -0.3 is 4.42 Å². The molecule has 1 heterocycles. The van der Waals surface area contributed by atoms with Gasteiger partial charge in [0.25, 0.3) is 5.91 Å². The molecule has 0 aromatic carbocycles. The van der Waals surface area contributed by atoms with Crippen LogP contribution < -0.4 is 11.3 Å². The third-order valence-electron chi connectivity index (χ3n) is 3.17. The van der Waals surface area contributed by atoms with Crippen molar-refractivity contribution in [3.05, 3.63) is 23.7 Å². The summed E-state index contributed by atoms with van der Waals surface area (Å²) in [5, 5.41) is 0. The average Bonchev–Trinajstić information content (AvgIpc) is 2.74. The Morgan fingerprint density at radius 1 is 1.53 bits per heavy atom. The quantitative estimate of drug-likeness (QED) is 0.462. The molecule has 0 saturated carbocycles. The Labute approximate surface area is 102 Å². The summed E-state index contributed by atoms with van der Waals surface area (Å²) in [6.07, 6.45) is 1.51. The van der Waals surface area contributed by atoms with Crippen LogP contribution in [0.25, 0.3) is 0 Å². The smallest absolute Gasteiger partial charge is 0.268 e. The van der Waals surface area contributed by atoms with Crippen molar-refractivity contribution in [2.24, 2.45) is 11.8 Å². The first-order chi connectivity index (χ1) is 7.97. The second kappa shape index (κ2) is 5.84. The van der Waals surface area contributed by atoms with Crippen LogP contribution in [0.1, 0.15) is 36.9 Å². The first-order valence-electron chi connectivity index (χ1n) is 5.75. The molecule has 0 spiro atoms. The van der Waals surface area contributed by atoms with E-state index in [4.69, 9.17) is 10.3 Å². The van der Waals surface area contributed by atoms with Crippen LogP contribution >= 0.6 is 0 Å². The van der Waals surface area contributed by atoms with E-state index in [9.17, 15) is 4.79 Å². The summed E-state index contributed by atoms with van der Waals surface area (Å²) in [7, 11) is 2.01. The topological polar surface area (TPSA) is 71.5 Å². The summed E-state index contributed by atoms with van der Waals surface area (Å²) in [5.41, 5.74) is 2.61. The number of hydrogen-bond acceptors (Lipinski definition) is 4. The van der Waals surface area contributed by atoms with Crippen LogP contribution in [0.15, 0.2) is 16.7 Å². The van der Waals surface area contributed by atoms with Gasteiger partial charge in [-0.1, -0.05) is 13.8 Å². The third-order valence-corrected chi connectivity index (χ3v) is 3.17. The van der Waals surface area contributed by atoms with E-state index in [1.165, 1.54) is 6.26 Å². The van der Waals surface area contributed by atoms with Crippen molar-refractivity contribution in [3.63, 3.8) is 0 Å². The van der Waals surface area contributed by atoms with Gasteiger partial charge in [0.1, 0.15) is 5.76 Å². The van der Waals surface area contributed by atoms with Crippen LogP contribution in [-0.4, -0.2) is 23.9 Å². The van der Waals surface area contributed by atoms with Gasteiger partial charge in [-0.15, -0.1) is 0 Å².